The van der Waals surface area contributed by atoms with Gasteiger partial charge in [0.2, 0.25) is 11.8 Å². The first-order valence-electron chi connectivity index (χ1n) is 11.2. The average molecular weight is 381 g/mol. The van der Waals surface area contributed by atoms with Crippen molar-refractivity contribution in [2.45, 2.75) is 70.4 Å². The van der Waals surface area contributed by atoms with E-state index in [9.17, 15) is 9.59 Å². The van der Waals surface area contributed by atoms with Crippen LogP contribution in [0.25, 0.3) is 0 Å². The Morgan fingerprint density at radius 2 is 1.64 bits per heavy atom. The topological polar surface area (TPSA) is 49.4 Å². The number of carbonyl (C=O) groups is 2. The first-order valence-corrected chi connectivity index (χ1v) is 11.2. The molecule has 2 atom stereocenters. The lowest BCUT2D eigenvalue weighted by Gasteiger charge is -2.56. The Balaban J connectivity index is 1.30. The van der Waals surface area contributed by atoms with Crippen LogP contribution in [0.2, 0.25) is 0 Å². The molecule has 0 spiro atoms. The second-order valence-electron chi connectivity index (χ2n) is 10.00. The van der Waals surface area contributed by atoms with E-state index in [1.54, 1.807) is 0 Å². The molecule has 1 heterocycles. The smallest absolute Gasteiger partial charge is 0.243 e. The minimum Gasteiger partial charge on any atom is -0.348 e. The van der Waals surface area contributed by atoms with E-state index < -0.39 is 0 Å². The molecule has 1 saturated heterocycles. The zero-order valence-corrected chi connectivity index (χ0v) is 16.9. The Morgan fingerprint density at radius 1 is 1.04 bits per heavy atom. The highest BCUT2D eigenvalue weighted by Crippen LogP contribution is 2.60. The Labute approximate surface area is 168 Å². The van der Waals surface area contributed by atoms with Crippen LogP contribution >= 0.6 is 0 Å². The van der Waals surface area contributed by atoms with Crippen LogP contribution in [0.1, 0.15) is 69.9 Å². The predicted octanol–water partition coefficient (Wildman–Crippen LogP) is 4.07. The molecule has 4 aliphatic carbocycles. The van der Waals surface area contributed by atoms with Crippen LogP contribution in [0, 0.1) is 23.2 Å². The molecule has 0 unspecified atom stereocenters. The Kier molecular flexibility index (Phi) is 4.48. The van der Waals surface area contributed by atoms with Crippen molar-refractivity contribution in [1.29, 1.82) is 0 Å². The summed E-state index contributed by atoms with van der Waals surface area (Å²) in [7, 11) is 0. The third-order valence-electron chi connectivity index (χ3n) is 7.97. The molecule has 1 aromatic carbocycles. The molecule has 4 saturated carbocycles. The number of rotatable bonds is 4. The summed E-state index contributed by atoms with van der Waals surface area (Å²) in [5.41, 5.74) is 0.954. The van der Waals surface area contributed by atoms with Crippen molar-refractivity contribution in [1.82, 2.24) is 10.2 Å². The van der Waals surface area contributed by atoms with Crippen LogP contribution < -0.4 is 5.32 Å². The Hall–Kier alpha value is -1.84. The molecule has 5 fully saturated rings. The molecule has 6 rings (SSSR count). The Bertz CT molecular complexity index is 724. The molecule has 0 aromatic heterocycles. The first kappa shape index (κ1) is 18.2. The van der Waals surface area contributed by atoms with Gasteiger partial charge in [-0.15, -0.1) is 0 Å². The number of benzene rings is 1. The number of nitrogens with one attached hydrogen (secondary N) is 1. The lowest BCUT2D eigenvalue weighted by Crippen LogP contribution is -2.57. The number of amides is 2. The Morgan fingerprint density at radius 3 is 2.25 bits per heavy atom. The number of hydrogen-bond donors (Lipinski definition) is 1. The molecule has 1 N–H and O–H groups in total. The summed E-state index contributed by atoms with van der Waals surface area (Å²) in [6.45, 7) is 2.77. The fourth-order valence-electron chi connectivity index (χ4n) is 7.09. The second kappa shape index (κ2) is 6.89. The monoisotopic (exact) mass is 380 g/mol. The standard InChI is InChI=1S/C24H32N2O2/c1-16(20-6-3-2-4-7-20)25-22(27)21-8-5-9-26(21)23(28)24-13-17-10-18(14-24)12-19(11-17)15-24/h2-4,6-7,16-19,21H,5,8-15H2,1H3,(H,25,27)/t16-,17?,18?,19?,21-,24?/m0/s1. The van der Waals surface area contributed by atoms with Crippen molar-refractivity contribution in [2.24, 2.45) is 23.2 Å². The van der Waals surface area contributed by atoms with Crippen LogP contribution in [0.5, 0.6) is 0 Å². The van der Waals surface area contributed by atoms with Gasteiger partial charge in [0.1, 0.15) is 6.04 Å². The summed E-state index contributed by atoms with van der Waals surface area (Å²) >= 11 is 0. The average Bonchev–Trinajstić information content (AvgIpc) is 3.17. The van der Waals surface area contributed by atoms with Gasteiger partial charge in [0.05, 0.1) is 11.5 Å². The fourth-order valence-corrected chi connectivity index (χ4v) is 7.09. The lowest BCUT2D eigenvalue weighted by atomic mass is 9.49. The van der Waals surface area contributed by atoms with Crippen LogP contribution in [0.4, 0.5) is 0 Å². The SMILES string of the molecule is C[C@H](NC(=O)[C@@H]1CCCN1C(=O)C12CC3CC(CC(C3)C1)C2)c1ccccc1. The second-order valence-corrected chi connectivity index (χ2v) is 10.00. The van der Waals surface area contributed by atoms with Gasteiger partial charge in [0.15, 0.2) is 0 Å². The molecule has 1 aromatic rings. The van der Waals surface area contributed by atoms with Crippen molar-refractivity contribution in [2.75, 3.05) is 6.54 Å². The van der Waals surface area contributed by atoms with E-state index in [0.717, 1.165) is 62.0 Å². The number of hydrogen-bond acceptors (Lipinski definition) is 2. The molecule has 2 amide bonds. The van der Waals surface area contributed by atoms with E-state index >= 15 is 0 Å². The maximum absolute atomic E-state index is 13.7. The van der Waals surface area contributed by atoms with Gasteiger partial charge in [-0.2, -0.15) is 0 Å². The van der Waals surface area contributed by atoms with Gasteiger partial charge in [-0.25, -0.2) is 0 Å². The van der Waals surface area contributed by atoms with Gasteiger partial charge in [-0.1, -0.05) is 30.3 Å². The summed E-state index contributed by atoms with van der Waals surface area (Å²) in [5.74, 6) is 2.58. The number of likely N-dealkylation sites (tertiary alicyclic amines) is 1. The summed E-state index contributed by atoms with van der Waals surface area (Å²) < 4.78 is 0. The third-order valence-corrected chi connectivity index (χ3v) is 7.97. The van der Waals surface area contributed by atoms with E-state index in [4.69, 9.17) is 0 Å². The summed E-state index contributed by atoms with van der Waals surface area (Å²) in [6.07, 6.45) is 8.97. The van der Waals surface area contributed by atoms with E-state index in [-0.39, 0.29) is 23.4 Å². The predicted molar refractivity (Wildman–Crippen MR) is 108 cm³/mol. The van der Waals surface area contributed by atoms with Crippen molar-refractivity contribution < 1.29 is 9.59 Å². The van der Waals surface area contributed by atoms with Gasteiger partial charge < -0.3 is 10.2 Å². The lowest BCUT2D eigenvalue weighted by molar-refractivity contribution is -0.160. The first-order chi connectivity index (χ1) is 13.5. The molecule has 0 radical (unpaired) electrons. The van der Waals surface area contributed by atoms with Crippen LogP contribution in [-0.4, -0.2) is 29.3 Å². The van der Waals surface area contributed by atoms with E-state index in [0.29, 0.717) is 5.91 Å². The minimum absolute atomic E-state index is 0.0203. The maximum atomic E-state index is 13.7. The molecule has 5 aliphatic rings. The number of carbonyl (C=O) groups excluding carboxylic acids is 2. The third kappa shape index (κ3) is 3.05. The van der Waals surface area contributed by atoms with Gasteiger partial charge in [-0.05, 0) is 81.6 Å². The van der Waals surface area contributed by atoms with Crippen molar-refractivity contribution in [3.05, 3.63) is 35.9 Å². The van der Waals surface area contributed by atoms with Crippen LogP contribution in [0.3, 0.4) is 0 Å². The largest absolute Gasteiger partial charge is 0.348 e. The van der Waals surface area contributed by atoms with E-state index in [1.807, 2.05) is 42.2 Å². The molecule has 150 valence electrons. The van der Waals surface area contributed by atoms with Gasteiger partial charge in [0, 0.05) is 6.54 Å². The highest BCUT2D eigenvalue weighted by Gasteiger charge is 2.56. The summed E-state index contributed by atoms with van der Waals surface area (Å²) in [5, 5.41) is 3.16. The van der Waals surface area contributed by atoms with E-state index in [1.165, 1.54) is 19.3 Å². The molecule has 28 heavy (non-hydrogen) atoms. The minimum atomic E-state index is -0.285. The molecular formula is C24H32N2O2. The molecule has 4 bridgehead atoms. The van der Waals surface area contributed by atoms with Gasteiger partial charge >= 0.3 is 0 Å². The van der Waals surface area contributed by atoms with Crippen molar-refractivity contribution in [3.8, 4) is 0 Å². The summed E-state index contributed by atoms with van der Waals surface area (Å²) in [4.78, 5) is 28.7. The quantitative estimate of drug-likeness (QED) is 0.856. The highest BCUT2D eigenvalue weighted by molar-refractivity contribution is 5.91. The normalized spacial score (nSPS) is 37.1. The van der Waals surface area contributed by atoms with Gasteiger partial charge in [0.25, 0.3) is 0 Å². The van der Waals surface area contributed by atoms with Crippen molar-refractivity contribution >= 4 is 11.8 Å². The fraction of sp³-hybridized carbons (Fsp3) is 0.667. The van der Waals surface area contributed by atoms with E-state index in [2.05, 4.69) is 5.32 Å². The molecular weight excluding hydrogens is 348 g/mol. The van der Waals surface area contributed by atoms with Crippen LogP contribution in [-0.2, 0) is 9.59 Å². The summed E-state index contributed by atoms with van der Waals surface area (Å²) in [6, 6.07) is 9.74. The molecule has 1 aliphatic heterocycles. The number of nitrogens with zero attached hydrogens (tertiary/aromatic N) is 1. The highest BCUT2D eigenvalue weighted by atomic mass is 16.2. The van der Waals surface area contributed by atoms with Crippen molar-refractivity contribution in [3.63, 3.8) is 0 Å². The maximum Gasteiger partial charge on any atom is 0.243 e. The zero-order valence-electron chi connectivity index (χ0n) is 16.9. The molecule has 4 nitrogen and oxygen atoms in total. The van der Waals surface area contributed by atoms with Gasteiger partial charge in [-0.3, -0.25) is 9.59 Å². The zero-order chi connectivity index (χ0) is 19.3. The molecule has 4 heteroatoms. The van der Waals surface area contributed by atoms with Crippen LogP contribution in [0.15, 0.2) is 30.3 Å².